The summed E-state index contributed by atoms with van der Waals surface area (Å²) in [5.74, 6) is -0.200. The van der Waals surface area contributed by atoms with Crippen molar-refractivity contribution in [3.63, 3.8) is 0 Å². The van der Waals surface area contributed by atoms with E-state index in [2.05, 4.69) is 31.3 Å². The summed E-state index contributed by atoms with van der Waals surface area (Å²) in [6, 6.07) is -0.828. The van der Waals surface area contributed by atoms with E-state index in [1.54, 1.807) is 0 Å². The number of hydrogen-bond donors (Lipinski definition) is 9. The summed E-state index contributed by atoms with van der Waals surface area (Å²) in [5, 5.41) is 87.7. The third-order valence-electron chi connectivity index (χ3n) is 18.7. The Morgan fingerprint density at radius 1 is 0.402 bits per heavy atom. The van der Waals surface area contributed by atoms with Crippen molar-refractivity contribution < 1.29 is 64.6 Å². The summed E-state index contributed by atoms with van der Waals surface area (Å²) in [7, 11) is 0. The van der Waals surface area contributed by atoms with E-state index in [-0.39, 0.29) is 12.5 Å². The number of aliphatic hydroxyl groups is 8. The van der Waals surface area contributed by atoms with E-state index in [1.807, 2.05) is 0 Å². The Hall–Kier alpha value is -1.27. The predicted octanol–water partition coefficient (Wildman–Crippen LogP) is 15.7. The maximum absolute atomic E-state index is 13.4. The Kier molecular flexibility index (Phi) is 55.1. The molecule has 9 N–H and O–H groups in total. The Balaban J connectivity index is 1.64. The van der Waals surface area contributed by atoms with Crippen molar-refractivity contribution in [2.45, 2.75) is 428 Å². The highest BCUT2D eigenvalue weighted by Crippen LogP contribution is 2.30. The first kappa shape index (κ1) is 81.8. The second-order valence-electron chi connectivity index (χ2n) is 26.8. The first-order chi connectivity index (χ1) is 42.6. The first-order valence-corrected chi connectivity index (χ1v) is 37.4. The Labute approximate surface area is 533 Å². The molecule has 2 saturated heterocycles. The molecule has 87 heavy (non-hydrogen) atoms. The minimum atomic E-state index is -1.78. The number of ether oxygens (including phenoxy) is 4. The number of aliphatic hydroxyl groups excluding tert-OH is 8. The molecule has 0 aromatic heterocycles. The summed E-state index contributed by atoms with van der Waals surface area (Å²) < 4.78 is 23.0. The van der Waals surface area contributed by atoms with Crippen molar-refractivity contribution in [2.24, 2.45) is 0 Å². The SMILES string of the molecule is CCCCCCCCCC/C=C\CCCCCCCCCCCCCC(=O)NC(COC1OC(CO)C(OC2OC(CO)C(O)C(O)C2O)C(O)C1O)C(O)CCCCCCCCCCCCCCCCCCCCCCCCCCCCCCCC. The van der Waals surface area contributed by atoms with Crippen molar-refractivity contribution in [1.82, 2.24) is 5.32 Å². The zero-order valence-corrected chi connectivity index (χ0v) is 56.3. The first-order valence-electron chi connectivity index (χ1n) is 37.4. The lowest BCUT2D eigenvalue weighted by atomic mass is 9.97. The van der Waals surface area contributed by atoms with Crippen LogP contribution >= 0.6 is 0 Å². The van der Waals surface area contributed by atoms with Gasteiger partial charge in [0.05, 0.1) is 32.0 Å². The van der Waals surface area contributed by atoms with Gasteiger partial charge in [-0.2, -0.15) is 0 Å². The topological polar surface area (TPSA) is 228 Å². The maximum atomic E-state index is 13.4. The number of hydrogen-bond acceptors (Lipinski definition) is 13. The van der Waals surface area contributed by atoms with Gasteiger partial charge in [0.25, 0.3) is 0 Å². The van der Waals surface area contributed by atoms with Crippen LogP contribution in [0.1, 0.15) is 354 Å². The van der Waals surface area contributed by atoms with Gasteiger partial charge in [-0.25, -0.2) is 0 Å². The molecule has 12 atom stereocenters. The highest BCUT2D eigenvalue weighted by Gasteiger charge is 2.51. The van der Waals surface area contributed by atoms with Crippen LogP contribution in [0.2, 0.25) is 0 Å². The van der Waals surface area contributed by atoms with Crippen LogP contribution in [0.25, 0.3) is 0 Å². The average Bonchev–Trinajstić information content (AvgIpc) is 2.33. The molecule has 0 aliphatic carbocycles. The zero-order chi connectivity index (χ0) is 63.1. The normalized spacial score (nSPS) is 23.2. The molecular formula is C73H141NO13. The molecule has 0 aromatic rings. The van der Waals surface area contributed by atoms with Crippen LogP contribution in [-0.4, -0.2) is 140 Å². The summed E-state index contributed by atoms with van der Waals surface area (Å²) in [4.78, 5) is 13.4. The van der Waals surface area contributed by atoms with Crippen LogP contribution in [0.5, 0.6) is 0 Å². The Morgan fingerprint density at radius 2 is 0.724 bits per heavy atom. The van der Waals surface area contributed by atoms with Crippen molar-refractivity contribution in [3.8, 4) is 0 Å². The van der Waals surface area contributed by atoms with Crippen molar-refractivity contribution in [3.05, 3.63) is 12.2 Å². The summed E-state index contributed by atoms with van der Waals surface area (Å²) >= 11 is 0. The lowest BCUT2D eigenvalue weighted by Crippen LogP contribution is -2.65. The number of carbonyl (C=O) groups is 1. The van der Waals surface area contributed by atoms with E-state index in [1.165, 1.54) is 276 Å². The number of nitrogens with one attached hydrogen (secondary N) is 1. The van der Waals surface area contributed by atoms with Gasteiger partial charge in [-0.05, 0) is 38.5 Å². The van der Waals surface area contributed by atoms with E-state index < -0.39 is 86.8 Å². The highest BCUT2D eigenvalue weighted by molar-refractivity contribution is 5.76. The fraction of sp³-hybridized carbons (Fsp3) is 0.959. The fourth-order valence-corrected chi connectivity index (χ4v) is 12.8. The van der Waals surface area contributed by atoms with E-state index in [4.69, 9.17) is 18.9 Å². The van der Waals surface area contributed by atoms with Crippen molar-refractivity contribution in [2.75, 3.05) is 19.8 Å². The average molecular weight is 1240 g/mol. The van der Waals surface area contributed by atoms with Gasteiger partial charge >= 0.3 is 0 Å². The summed E-state index contributed by atoms with van der Waals surface area (Å²) in [5.41, 5.74) is 0. The summed E-state index contributed by atoms with van der Waals surface area (Å²) in [6.07, 6.45) is 55.2. The second kappa shape index (κ2) is 58.5. The molecule has 1 amide bonds. The number of amides is 1. The van der Waals surface area contributed by atoms with Gasteiger partial charge < -0.3 is 65.1 Å². The minimum Gasteiger partial charge on any atom is -0.394 e. The molecule has 2 fully saturated rings. The monoisotopic (exact) mass is 1240 g/mol. The molecule has 0 radical (unpaired) electrons. The molecule has 0 saturated carbocycles. The van der Waals surface area contributed by atoms with Crippen molar-refractivity contribution in [1.29, 1.82) is 0 Å². The van der Waals surface area contributed by atoms with E-state index in [0.717, 1.165) is 51.4 Å². The molecule has 2 aliphatic rings. The number of allylic oxidation sites excluding steroid dienone is 2. The zero-order valence-electron chi connectivity index (χ0n) is 56.3. The molecule has 0 spiro atoms. The summed E-state index contributed by atoms with van der Waals surface area (Å²) in [6.45, 7) is 2.93. The quantitative estimate of drug-likeness (QED) is 0.0204. The highest BCUT2D eigenvalue weighted by atomic mass is 16.7. The molecule has 0 bridgehead atoms. The number of unbranched alkanes of at least 4 members (excludes halogenated alkanes) is 48. The second-order valence-corrected chi connectivity index (χ2v) is 26.8. The van der Waals surface area contributed by atoms with Gasteiger partial charge in [0.1, 0.15) is 48.8 Å². The van der Waals surface area contributed by atoms with Gasteiger partial charge in [-0.1, -0.05) is 321 Å². The van der Waals surface area contributed by atoms with Crippen LogP contribution in [-0.2, 0) is 23.7 Å². The van der Waals surface area contributed by atoms with E-state index in [9.17, 15) is 45.6 Å². The lowest BCUT2D eigenvalue weighted by Gasteiger charge is -2.46. The van der Waals surface area contributed by atoms with Crippen LogP contribution < -0.4 is 5.32 Å². The molecular weight excluding hydrogens is 1100 g/mol. The van der Waals surface area contributed by atoms with E-state index in [0.29, 0.717) is 12.8 Å². The van der Waals surface area contributed by atoms with Crippen LogP contribution in [0.4, 0.5) is 0 Å². The predicted molar refractivity (Wildman–Crippen MR) is 355 cm³/mol. The number of carbonyl (C=O) groups excluding carboxylic acids is 1. The van der Waals surface area contributed by atoms with Gasteiger partial charge in [0, 0.05) is 6.42 Å². The van der Waals surface area contributed by atoms with Gasteiger partial charge in [-0.3, -0.25) is 4.79 Å². The molecule has 12 unspecified atom stereocenters. The lowest BCUT2D eigenvalue weighted by molar-refractivity contribution is -0.359. The third kappa shape index (κ3) is 42.6. The smallest absolute Gasteiger partial charge is 0.220 e. The minimum absolute atomic E-state index is 0.200. The van der Waals surface area contributed by atoms with Crippen molar-refractivity contribution >= 4 is 5.91 Å². The van der Waals surface area contributed by atoms with E-state index >= 15 is 0 Å². The van der Waals surface area contributed by atoms with Crippen LogP contribution in [0, 0.1) is 0 Å². The standard InChI is InChI=1S/C73H141NO13/c1-3-5-7-9-11-13-15-17-19-21-23-25-27-28-29-30-31-32-33-35-36-38-40-42-44-46-48-50-52-54-56-62(77)61(60-84-72-70(83)68(81)71(64(59-76)86-72)87-73-69(82)67(80)66(79)63(58-75)85-73)74-65(78)57-55-53-51-49-47-45-43-41-39-37-34-26-24-22-20-18-16-14-12-10-8-6-4-2/h22,24,61-64,66-73,75-77,79-83H,3-21,23,25-60H2,1-2H3,(H,74,78)/b24-22-. The molecule has 516 valence electrons. The molecule has 14 nitrogen and oxygen atoms in total. The van der Waals surface area contributed by atoms with Gasteiger partial charge in [0.2, 0.25) is 5.91 Å². The van der Waals surface area contributed by atoms with Gasteiger partial charge in [0.15, 0.2) is 12.6 Å². The number of rotatable bonds is 63. The molecule has 2 aliphatic heterocycles. The molecule has 14 heteroatoms. The fourth-order valence-electron chi connectivity index (χ4n) is 12.8. The van der Waals surface area contributed by atoms with Gasteiger partial charge in [-0.15, -0.1) is 0 Å². The molecule has 2 rings (SSSR count). The molecule has 2 heterocycles. The largest absolute Gasteiger partial charge is 0.394 e. The maximum Gasteiger partial charge on any atom is 0.220 e. The third-order valence-corrected chi connectivity index (χ3v) is 18.7. The Bertz CT molecular complexity index is 1510. The molecule has 0 aromatic carbocycles. The van der Waals surface area contributed by atoms with Crippen LogP contribution in [0.3, 0.4) is 0 Å². The Morgan fingerprint density at radius 3 is 1.09 bits per heavy atom. The van der Waals surface area contributed by atoms with Crippen LogP contribution in [0.15, 0.2) is 12.2 Å².